The molecule has 3 heterocycles. The number of carbonyl (C=O) groups is 1. The van der Waals surface area contributed by atoms with Crippen molar-refractivity contribution in [1.82, 2.24) is 19.4 Å². The molecule has 0 radical (unpaired) electrons. The SMILES string of the molecule is Cc1nc(C(C)C)sc1C(C)N(C)C(=O)c1cn2c(n1)CCC2. The van der Waals surface area contributed by atoms with Gasteiger partial charge in [-0.1, -0.05) is 13.8 Å². The van der Waals surface area contributed by atoms with Crippen molar-refractivity contribution in [3.63, 3.8) is 0 Å². The maximum Gasteiger partial charge on any atom is 0.274 e. The van der Waals surface area contributed by atoms with E-state index in [0.29, 0.717) is 11.6 Å². The molecule has 1 aliphatic rings. The van der Waals surface area contributed by atoms with E-state index in [1.165, 1.54) is 0 Å². The third-order valence-corrected chi connectivity index (χ3v) is 6.13. The maximum atomic E-state index is 12.8. The van der Waals surface area contributed by atoms with Gasteiger partial charge in [-0.25, -0.2) is 9.97 Å². The van der Waals surface area contributed by atoms with Gasteiger partial charge in [-0.05, 0) is 20.3 Å². The molecule has 0 bridgehead atoms. The second-order valence-electron chi connectivity index (χ2n) is 6.59. The molecule has 5 nitrogen and oxygen atoms in total. The summed E-state index contributed by atoms with van der Waals surface area (Å²) in [6.07, 6.45) is 3.99. The van der Waals surface area contributed by atoms with Gasteiger partial charge in [0.05, 0.1) is 16.7 Å². The number of rotatable bonds is 4. The van der Waals surface area contributed by atoms with Gasteiger partial charge in [-0.15, -0.1) is 11.3 Å². The van der Waals surface area contributed by atoms with Gasteiger partial charge in [-0.3, -0.25) is 4.79 Å². The summed E-state index contributed by atoms with van der Waals surface area (Å²) in [4.78, 5) is 24.8. The van der Waals surface area contributed by atoms with Crippen LogP contribution in [-0.2, 0) is 13.0 Å². The lowest BCUT2D eigenvalue weighted by molar-refractivity contribution is 0.0739. The summed E-state index contributed by atoms with van der Waals surface area (Å²) in [5.41, 5.74) is 1.58. The Labute approximate surface area is 141 Å². The number of hydrogen-bond donors (Lipinski definition) is 0. The lowest BCUT2D eigenvalue weighted by atomic mass is 10.2. The molecule has 1 atom stereocenters. The molecule has 1 aliphatic heterocycles. The van der Waals surface area contributed by atoms with Gasteiger partial charge in [0.15, 0.2) is 0 Å². The van der Waals surface area contributed by atoms with Crippen LogP contribution >= 0.6 is 11.3 Å². The van der Waals surface area contributed by atoms with Crippen LogP contribution in [0.25, 0.3) is 0 Å². The Kier molecular flexibility index (Phi) is 4.27. The molecule has 0 spiro atoms. The summed E-state index contributed by atoms with van der Waals surface area (Å²) in [5, 5.41) is 1.13. The summed E-state index contributed by atoms with van der Waals surface area (Å²) in [5.74, 6) is 1.43. The molecule has 6 heteroatoms. The molecule has 0 fully saturated rings. The fourth-order valence-electron chi connectivity index (χ4n) is 2.95. The first-order chi connectivity index (χ1) is 10.9. The van der Waals surface area contributed by atoms with Crippen molar-refractivity contribution in [2.24, 2.45) is 0 Å². The highest BCUT2D eigenvalue weighted by Crippen LogP contribution is 2.32. The summed E-state index contributed by atoms with van der Waals surface area (Å²) < 4.78 is 2.10. The highest BCUT2D eigenvalue weighted by Gasteiger charge is 2.26. The van der Waals surface area contributed by atoms with Crippen LogP contribution in [0.2, 0.25) is 0 Å². The molecule has 0 saturated heterocycles. The quantitative estimate of drug-likeness (QED) is 0.860. The molecular weight excluding hydrogens is 308 g/mol. The number of imidazole rings is 1. The van der Waals surface area contributed by atoms with Crippen molar-refractivity contribution in [3.05, 3.63) is 33.3 Å². The topological polar surface area (TPSA) is 51.0 Å². The lowest BCUT2D eigenvalue weighted by Crippen LogP contribution is -2.30. The molecule has 0 saturated carbocycles. The van der Waals surface area contributed by atoms with Gasteiger partial charge >= 0.3 is 0 Å². The van der Waals surface area contributed by atoms with Gasteiger partial charge in [0.1, 0.15) is 11.5 Å². The third-order valence-electron chi connectivity index (χ3n) is 4.50. The van der Waals surface area contributed by atoms with Crippen LogP contribution < -0.4 is 0 Å². The number of nitrogens with zero attached hydrogens (tertiary/aromatic N) is 4. The molecule has 2 aromatic rings. The van der Waals surface area contributed by atoms with Gasteiger partial charge in [0.25, 0.3) is 5.91 Å². The first kappa shape index (κ1) is 16.2. The summed E-state index contributed by atoms with van der Waals surface area (Å²) in [6, 6.07) is 0.00374. The Hall–Kier alpha value is -1.69. The van der Waals surface area contributed by atoms with E-state index >= 15 is 0 Å². The first-order valence-corrected chi connectivity index (χ1v) is 9.00. The van der Waals surface area contributed by atoms with E-state index < -0.39 is 0 Å². The summed E-state index contributed by atoms with van der Waals surface area (Å²) in [6.45, 7) is 9.35. The number of thiazole rings is 1. The predicted molar refractivity (Wildman–Crippen MR) is 92.0 cm³/mol. The number of hydrogen-bond acceptors (Lipinski definition) is 4. The Morgan fingerprint density at radius 2 is 2.09 bits per heavy atom. The van der Waals surface area contributed by atoms with E-state index in [2.05, 4.69) is 35.3 Å². The molecule has 1 unspecified atom stereocenters. The van der Waals surface area contributed by atoms with Crippen LogP contribution in [0.3, 0.4) is 0 Å². The second kappa shape index (κ2) is 6.07. The Morgan fingerprint density at radius 1 is 1.35 bits per heavy atom. The van der Waals surface area contributed by atoms with Crippen molar-refractivity contribution < 1.29 is 4.79 Å². The normalized spacial score (nSPS) is 15.0. The average Bonchev–Trinajstić information content (AvgIpc) is 3.18. The Morgan fingerprint density at radius 3 is 2.70 bits per heavy atom. The van der Waals surface area contributed by atoms with E-state index in [1.807, 2.05) is 20.2 Å². The van der Waals surface area contributed by atoms with Crippen molar-refractivity contribution in [2.45, 2.75) is 59.0 Å². The van der Waals surface area contributed by atoms with E-state index in [9.17, 15) is 4.79 Å². The number of aromatic nitrogens is 3. The van der Waals surface area contributed by atoms with Crippen molar-refractivity contribution >= 4 is 17.2 Å². The standard InChI is InChI=1S/C17H24N4OS/c1-10(2)16-18-11(3)15(23-16)12(4)20(5)17(22)13-9-21-8-6-7-14(21)19-13/h9-10,12H,6-8H2,1-5H3. The summed E-state index contributed by atoms with van der Waals surface area (Å²) in [7, 11) is 1.85. The number of aryl methyl sites for hydroxylation is 3. The van der Waals surface area contributed by atoms with Crippen LogP contribution in [0, 0.1) is 6.92 Å². The number of carbonyl (C=O) groups excluding carboxylic acids is 1. The highest BCUT2D eigenvalue weighted by molar-refractivity contribution is 7.11. The van der Waals surface area contributed by atoms with Gasteiger partial charge in [0.2, 0.25) is 0 Å². The average molecular weight is 332 g/mol. The number of amides is 1. The minimum atomic E-state index is -0.0155. The van der Waals surface area contributed by atoms with Crippen LogP contribution in [0.4, 0.5) is 0 Å². The van der Waals surface area contributed by atoms with E-state index in [-0.39, 0.29) is 11.9 Å². The van der Waals surface area contributed by atoms with Crippen molar-refractivity contribution in [1.29, 1.82) is 0 Å². The molecule has 3 rings (SSSR count). The minimum absolute atomic E-state index is 0.00374. The smallest absolute Gasteiger partial charge is 0.274 e. The maximum absolute atomic E-state index is 12.8. The monoisotopic (exact) mass is 332 g/mol. The zero-order valence-corrected chi connectivity index (χ0v) is 15.3. The highest BCUT2D eigenvalue weighted by atomic mass is 32.1. The zero-order chi connectivity index (χ0) is 16.7. The van der Waals surface area contributed by atoms with E-state index in [0.717, 1.165) is 40.8 Å². The van der Waals surface area contributed by atoms with Crippen molar-refractivity contribution in [2.75, 3.05) is 7.05 Å². The molecular formula is C17H24N4OS. The zero-order valence-electron chi connectivity index (χ0n) is 14.5. The van der Waals surface area contributed by atoms with Crippen molar-refractivity contribution in [3.8, 4) is 0 Å². The fourth-order valence-corrected chi connectivity index (χ4v) is 4.12. The third kappa shape index (κ3) is 2.92. The van der Waals surface area contributed by atoms with Crippen LogP contribution in [-0.4, -0.2) is 32.4 Å². The molecule has 2 aromatic heterocycles. The molecule has 124 valence electrons. The number of fused-ring (bicyclic) bond motifs is 1. The fraction of sp³-hybridized carbons (Fsp3) is 0.588. The lowest BCUT2D eigenvalue weighted by Gasteiger charge is -2.23. The summed E-state index contributed by atoms with van der Waals surface area (Å²) >= 11 is 1.71. The molecule has 0 N–H and O–H groups in total. The van der Waals surface area contributed by atoms with E-state index in [1.54, 1.807) is 16.2 Å². The molecule has 23 heavy (non-hydrogen) atoms. The largest absolute Gasteiger partial charge is 0.334 e. The second-order valence-corrected chi connectivity index (χ2v) is 7.65. The molecule has 0 aromatic carbocycles. The van der Waals surface area contributed by atoms with Gasteiger partial charge in [-0.2, -0.15) is 0 Å². The van der Waals surface area contributed by atoms with Crippen LogP contribution in [0.15, 0.2) is 6.20 Å². The van der Waals surface area contributed by atoms with Gasteiger partial charge in [0, 0.05) is 37.0 Å². The molecule has 1 amide bonds. The Balaban J connectivity index is 1.81. The minimum Gasteiger partial charge on any atom is -0.334 e. The van der Waals surface area contributed by atoms with Crippen LogP contribution in [0.5, 0.6) is 0 Å². The van der Waals surface area contributed by atoms with E-state index in [4.69, 9.17) is 0 Å². The van der Waals surface area contributed by atoms with Gasteiger partial charge < -0.3 is 9.47 Å². The van der Waals surface area contributed by atoms with Crippen LogP contribution in [0.1, 0.15) is 71.0 Å². The predicted octanol–water partition coefficient (Wildman–Crippen LogP) is 3.55. The first-order valence-electron chi connectivity index (χ1n) is 8.19. The Bertz CT molecular complexity index is 710. The molecule has 0 aliphatic carbocycles.